The van der Waals surface area contributed by atoms with Crippen LogP contribution in [0.1, 0.15) is 11.5 Å². The molecule has 0 aromatic carbocycles. The van der Waals surface area contributed by atoms with Crippen LogP contribution in [0.15, 0.2) is 34.0 Å². The number of dihydropyridines is 1. The van der Waals surface area contributed by atoms with E-state index in [2.05, 4.69) is 5.32 Å². The van der Waals surface area contributed by atoms with Crippen molar-refractivity contribution in [3.63, 3.8) is 0 Å². The van der Waals surface area contributed by atoms with E-state index >= 15 is 0 Å². The molecule has 124 valence electrons. The van der Waals surface area contributed by atoms with Gasteiger partial charge in [0.2, 0.25) is 0 Å². The smallest absolute Gasteiger partial charge is 0.324 e. The van der Waals surface area contributed by atoms with Gasteiger partial charge in [0.1, 0.15) is 13.2 Å². The highest BCUT2D eigenvalue weighted by atomic mass is 32.1. The molecule has 3 aliphatic heterocycles. The maximum atomic E-state index is 12.4. The van der Waals surface area contributed by atoms with Crippen LogP contribution < -0.4 is 5.32 Å². The summed E-state index contributed by atoms with van der Waals surface area (Å²) in [6.07, 6.45) is 0. The third kappa shape index (κ3) is 2.29. The van der Waals surface area contributed by atoms with Gasteiger partial charge >= 0.3 is 5.00 Å². The topological polar surface area (TPSA) is 108 Å². The molecule has 8 nitrogen and oxygen atoms in total. The lowest BCUT2D eigenvalue weighted by Gasteiger charge is -2.36. The number of ether oxygens (including phenoxy) is 2. The van der Waals surface area contributed by atoms with Crippen molar-refractivity contribution in [1.82, 2.24) is 5.32 Å². The second-order valence-electron chi connectivity index (χ2n) is 5.65. The molecule has 0 saturated heterocycles. The van der Waals surface area contributed by atoms with Crippen LogP contribution in [0.25, 0.3) is 0 Å². The zero-order valence-corrected chi connectivity index (χ0v) is 13.2. The number of nitro groups is 1. The monoisotopic (exact) mass is 348 g/mol. The summed E-state index contributed by atoms with van der Waals surface area (Å²) in [5, 5.41) is 15.7. The molecular formula is C15H12N2O6S. The van der Waals surface area contributed by atoms with E-state index in [1.54, 1.807) is 5.38 Å². The molecular weight excluding hydrogens is 336 g/mol. The number of carbonyl (C=O) groups excluding carboxylic acids is 2. The third-order valence-corrected chi connectivity index (χ3v) is 5.11. The summed E-state index contributed by atoms with van der Waals surface area (Å²) in [4.78, 5) is 35.4. The lowest BCUT2D eigenvalue weighted by Crippen LogP contribution is -2.42. The van der Waals surface area contributed by atoms with Gasteiger partial charge in [0, 0.05) is 39.9 Å². The summed E-state index contributed by atoms with van der Waals surface area (Å²) in [6, 6.07) is 1.43. The minimum Gasteiger partial charge on any atom is -0.367 e. The van der Waals surface area contributed by atoms with Crippen LogP contribution in [0.4, 0.5) is 5.00 Å². The van der Waals surface area contributed by atoms with E-state index < -0.39 is 10.8 Å². The van der Waals surface area contributed by atoms with Gasteiger partial charge in [-0.3, -0.25) is 19.7 Å². The SMILES string of the molecule is O=C1COCC2=C1C(c1csc([N+](=O)[O-])c1)C1=C(COCC1=O)N2. The Morgan fingerprint density at radius 3 is 2.17 bits per heavy atom. The Bertz CT molecular complexity index is 795. The quantitative estimate of drug-likeness (QED) is 0.628. The number of hydrogen-bond donors (Lipinski definition) is 1. The number of thiophene rings is 1. The molecule has 3 aliphatic rings. The molecule has 1 aromatic rings. The second-order valence-corrected chi connectivity index (χ2v) is 6.54. The summed E-state index contributed by atoms with van der Waals surface area (Å²) in [5.74, 6) is -1.03. The first-order chi connectivity index (χ1) is 11.6. The fraction of sp³-hybridized carbons (Fsp3) is 0.333. The molecule has 1 N–H and O–H groups in total. The molecule has 0 aliphatic carbocycles. The van der Waals surface area contributed by atoms with Crippen molar-refractivity contribution in [2.75, 3.05) is 26.4 Å². The average molecular weight is 348 g/mol. The Kier molecular flexibility index (Phi) is 3.56. The zero-order chi connectivity index (χ0) is 16.8. The second kappa shape index (κ2) is 5.62. The molecule has 0 atom stereocenters. The summed E-state index contributed by atoms with van der Waals surface area (Å²) in [6.45, 7) is 0.344. The van der Waals surface area contributed by atoms with Crippen LogP contribution in [0.3, 0.4) is 0 Å². The normalized spacial score (nSPS) is 21.5. The highest BCUT2D eigenvalue weighted by Gasteiger charge is 2.41. The molecule has 0 saturated carbocycles. The Morgan fingerprint density at radius 1 is 1.08 bits per heavy atom. The van der Waals surface area contributed by atoms with E-state index in [1.807, 2.05) is 0 Å². The van der Waals surface area contributed by atoms with Gasteiger partial charge in [0.05, 0.1) is 18.1 Å². The van der Waals surface area contributed by atoms with Crippen molar-refractivity contribution in [1.29, 1.82) is 0 Å². The van der Waals surface area contributed by atoms with Crippen molar-refractivity contribution in [3.05, 3.63) is 49.7 Å². The maximum Gasteiger partial charge on any atom is 0.324 e. The van der Waals surface area contributed by atoms with E-state index in [1.165, 1.54) is 6.07 Å². The lowest BCUT2D eigenvalue weighted by molar-refractivity contribution is -0.380. The van der Waals surface area contributed by atoms with E-state index in [0.717, 1.165) is 11.3 Å². The number of ketones is 2. The first-order valence-corrected chi connectivity index (χ1v) is 8.12. The molecule has 9 heteroatoms. The summed E-state index contributed by atoms with van der Waals surface area (Å²) < 4.78 is 10.5. The van der Waals surface area contributed by atoms with Gasteiger partial charge in [-0.05, 0) is 5.56 Å². The van der Waals surface area contributed by atoms with Gasteiger partial charge in [-0.1, -0.05) is 11.3 Å². The van der Waals surface area contributed by atoms with Gasteiger partial charge in [0.15, 0.2) is 11.6 Å². The van der Waals surface area contributed by atoms with E-state index in [0.29, 0.717) is 28.1 Å². The van der Waals surface area contributed by atoms with Crippen molar-refractivity contribution in [2.45, 2.75) is 5.92 Å². The highest BCUT2D eigenvalue weighted by Crippen LogP contribution is 2.43. The van der Waals surface area contributed by atoms with Crippen LogP contribution in [-0.2, 0) is 19.1 Å². The molecule has 4 rings (SSSR count). The predicted octanol–water partition coefficient (Wildman–Crippen LogP) is 1.05. The van der Waals surface area contributed by atoms with Gasteiger partial charge in [-0.25, -0.2) is 0 Å². The van der Waals surface area contributed by atoms with E-state index in [-0.39, 0.29) is 43.0 Å². The fourth-order valence-corrected chi connectivity index (χ4v) is 4.01. The number of nitrogens with zero attached hydrogens (tertiary/aromatic N) is 1. The molecule has 0 bridgehead atoms. The number of carbonyl (C=O) groups is 2. The Labute approximate surface area is 139 Å². The first-order valence-electron chi connectivity index (χ1n) is 7.24. The minimum atomic E-state index is -0.603. The highest BCUT2D eigenvalue weighted by molar-refractivity contribution is 7.13. The standard InChI is InChI=1S/C15H12N2O6S/c18-10-4-22-2-8-14(10)13(7-1-12(17(20)21)24-6-7)15-9(16-8)3-23-5-11(15)19/h1,6,13,16H,2-5H2. The van der Waals surface area contributed by atoms with Crippen LogP contribution >= 0.6 is 11.3 Å². The van der Waals surface area contributed by atoms with Gasteiger partial charge in [0.25, 0.3) is 0 Å². The van der Waals surface area contributed by atoms with Gasteiger partial charge < -0.3 is 14.8 Å². The van der Waals surface area contributed by atoms with Crippen molar-refractivity contribution >= 4 is 27.9 Å². The van der Waals surface area contributed by atoms with Crippen LogP contribution in [0.5, 0.6) is 0 Å². The number of rotatable bonds is 2. The molecule has 4 heterocycles. The third-order valence-electron chi connectivity index (χ3n) is 4.21. The molecule has 0 fully saturated rings. The average Bonchev–Trinajstić information content (AvgIpc) is 3.03. The number of nitrogens with one attached hydrogen (secondary N) is 1. The van der Waals surface area contributed by atoms with Crippen molar-refractivity contribution in [2.24, 2.45) is 0 Å². The molecule has 1 aromatic heterocycles. The molecule has 0 spiro atoms. The van der Waals surface area contributed by atoms with Gasteiger partial charge in [-0.15, -0.1) is 0 Å². The van der Waals surface area contributed by atoms with Crippen LogP contribution in [0, 0.1) is 10.1 Å². The summed E-state index contributed by atoms with van der Waals surface area (Å²) >= 11 is 0.983. The van der Waals surface area contributed by atoms with E-state index in [9.17, 15) is 19.7 Å². The summed E-state index contributed by atoms with van der Waals surface area (Å²) in [7, 11) is 0. The molecule has 0 unspecified atom stereocenters. The number of hydrogen-bond acceptors (Lipinski definition) is 8. The Hall–Kier alpha value is -2.36. The van der Waals surface area contributed by atoms with Crippen LogP contribution in [-0.4, -0.2) is 42.9 Å². The lowest BCUT2D eigenvalue weighted by atomic mass is 9.77. The Balaban J connectivity index is 1.88. The fourth-order valence-electron chi connectivity index (χ4n) is 3.26. The predicted molar refractivity (Wildman–Crippen MR) is 82.6 cm³/mol. The minimum absolute atomic E-state index is 0.0214. The molecule has 24 heavy (non-hydrogen) atoms. The maximum absolute atomic E-state index is 12.4. The van der Waals surface area contributed by atoms with Crippen molar-refractivity contribution < 1.29 is 24.0 Å². The van der Waals surface area contributed by atoms with E-state index in [4.69, 9.17) is 9.47 Å². The first kappa shape index (κ1) is 15.2. The van der Waals surface area contributed by atoms with Gasteiger partial charge in [-0.2, -0.15) is 0 Å². The zero-order valence-electron chi connectivity index (χ0n) is 12.4. The van der Waals surface area contributed by atoms with Crippen molar-refractivity contribution in [3.8, 4) is 0 Å². The molecule has 0 radical (unpaired) electrons. The van der Waals surface area contributed by atoms with Crippen LogP contribution in [0.2, 0.25) is 0 Å². The molecule has 0 amide bonds. The summed E-state index contributed by atoms with van der Waals surface area (Å²) in [5.41, 5.74) is 2.70. The number of Topliss-reactive ketones (excluding diaryl/α,β-unsaturated/α-hetero) is 2. The largest absolute Gasteiger partial charge is 0.367 e. The Morgan fingerprint density at radius 2 is 1.67 bits per heavy atom.